The number of nitrogens with zero attached hydrogens (tertiary/aromatic N) is 1. The van der Waals surface area contributed by atoms with E-state index in [1.54, 1.807) is 7.11 Å². The van der Waals surface area contributed by atoms with Crippen LogP contribution in [0.3, 0.4) is 0 Å². The van der Waals surface area contributed by atoms with Crippen LogP contribution in [0.2, 0.25) is 0 Å². The zero-order valence-electron chi connectivity index (χ0n) is 13.3. The highest BCUT2D eigenvalue weighted by molar-refractivity contribution is 5.84. The molecule has 0 saturated heterocycles. The monoisotopic (exact) mass is 321 g/mol. The minimum Gasteiger partial charge on any atom is -0.497 e. The Morgan fingerprint density at radius 1 is 1.12 bits per heavy atom. The highest BCUT2D eigenvalue weighted by Crippen LogP contribution is 2.55. The fraction of sp³-hybridized carbons (Fsp3) is 0.263. The quantitative estimate of drug-likeness (QED) is 0.738. The lowest BCUT2D eigenvalue weighted by atomic mass is 10.0. The van der Waals surface area contributed by atoms with E-state index in [0.717, 1.165) is 35.4 Å². The van der Waals surface area contributed by atoms with Crippen LogP contribution >= 0.6 is 0 Å². The van der Waals surface area contributed by atoms with Crippen molar-refractivity contribution in [2.75, 3.05) is 7.11 Å². The SMILES string of the molecule is COc1ccc(C2Oc3c4ccccc4c(=O)[nH][n+]3C23CC3)cc1. The van der Waals surface area contributed by atoms with Crippen molar-refractivity contribution in [1.82, 2.24) is 5.10 Å². The number of aromatic nitrogens is 2. The lowest BCUT2D eigenvalue weighted by molar-refractivity contribution is -0.778. The number of hydrogen-bond donors (Lipinski definition) is 1. The van der Waals surface area contributed by atoms with Crippen molar-refractivity contribution in [3.8, 4) is 11.6 Å². The van der Waals surface area contributed by atoms with Crippen molar-refractivity contribution in [3.63, 3.8) is 0 Å². The van der Waals surface area contributed by atoms with Crippen LogP contribution in [-0.2, 0) is 5.54 Å². The first-order valence-electron chi connectivity index (χ1n) is 8.11. The predicted molar refractivity (Wildman–Crippen MR) is 88.3 cm³/mol. The van der Waals surface area contributed by atoms with Gasteiger partial charge in [0.1, 0.15) is 11.1 Å². The van der Waals surface area contributed by atoms with Gasteiger partial charge in [-0.2, -0.15) is 0 Å². The average Bonchev–Trinajstić information content (AvgIpc) is 3.36. The molecule has 1 aromatic heterocycles. The van der Waals surface area contributed by atoms with E-state index in [4.69, 9.17) is 9.47 Å². The van der Waals surface area contributed by atoms with E-state index < -0.39 is 0 Å². The first-order chi connectivity index (χ1) is 11.7. The summed E-state index contributed by atoms with van der Waals surface area (Å²) in [5, 5.41) is 4.54. The molecular weight excluding hydrogens is 304 g/mol. The lowest BCUT2D eigenvalue weighted by Gasteiger charge is -2.12. The van der Waals surface area contributed by atoms with Crippen LogP contribution in [0.25, 0.3) is 10.8 Å². The van der Waals surface area contributed by atoms with Gasteiger partial charge in [0.05, 0.1) is 12.5 Å². The number of rotatable bonds is 2. The van der Waals surface area contributed by atoms with E-state index in [0.29, 0.717) is 5.39 Å². The molecule has 24 heavy (non-hydrogen) atoms. The Hall–Kier alpha value is -2.82. The summed E-state index contributed by atoms with van der Waals surface area (Å²) < 4.78 is 13.6. The Kier molecular flexibility index (Phi) is 2.61. The van der Waals surface area contributed by atoms with E-state index in [9.17, 15) is 4.79 Å². The summed E-state index contributed by atoms with van der Waals surface area (Å²) in [5.74, 6) is 1.58. The maximum atomic E-state index is 12.4. The van der Waals surface area contributed by atoms with E-state index >= 15 is 0 Å². The van der Waals surface area contributed by atoms with E-state index in [1.807, 2.05) is 53.2 Å². The molecule has 1 unspecified atom stereocenters. The summed E-state index contributed by atoms with van der Waals surface area (Å²) in [6.45, 7) is 0. The molecule has 5 heteroatoms. The minimum atomic E-state index is -0.173. The Morgan fingerprint density at radius 3 is 2.50 bits per heavy atom. The topological polar surface area (TPSA) is 55.2 Å². The average molecular weight is 321 g/mol. The summed E-state index contributed by atoms with van der Waals surface area (Å²) in [5.41, 5.74) is 0.856. The van der Waals surface area contributed by atoms with E-state index in [-0.39, 0.29) is 17.2 Å². The second-order valence-electron chi connectivity index (χ2n) is 6.50. The molecule has 0 radical (unpaired) electrons. The van der Waals surface area contributed by atoms with Crippen LogP contribution in [0.1, 0.15) is 24.5 Å². The van der Waals surface area contributed by atoms with Gasteiger partial charge in [-0.3, -0.25) is 4.79 Å². The van der Waals surface area contributed by atoms with Crippen molar-refractivity contribution >= 4 is 10.8 Å². The molecule has 2 heterocycles. The normalized spacial score (nSPS) is 20.0. The molecule has 2 aromatic carbocycles. The Balaban J connectivity index is 1.68. The number of aromatic amines is 1. The highest BCUT2D eigenvalue weighted by Gasteiger charge is 2.68. The van der Waals surface area contributed by atoms with Gasteiger partial charge < -0.3 is 9.47 Å². The van der Waals surface area contributed by atoms with Gasteiger partial charge in [0.15, 0.2) is 6.10 Å². The molecule has 1 N–H and O–H groups in total. The van der Waals surface area contributed by atoms with Gasteiger partial charge >= 0.3 is 11.4 Å². The second kappa shape index (κ2) is 4.60. The third kappa shape index (κ3) is 1.69. The van der Waals surface area contributed by atoms with Crippen LogP contribution in [0, 0.1) is 0 Å². The van der Waals surface area contributed by atoms with E-state index in [1.165, 1.54) is 0 Å². The molecule has 120 valence electrons. The molecule has 0 bridgehead atoms. The first kappa shape index (κ1) is 13.6. The third-order valence-electron chi connectivity index (χ3n) is 5.16. The molecule has 5 nitrogen and oxygen atoms in total. The lowest BCUT2D eigenvalue weighted by Crippen LogP contribution is -2.51. The number of H-pyrrole nitrogens is 1. The molecule has 1 saturated carbocycles. The van der Waals surface area contributed by atoms with Crippen molar-refractivity contribution in [3.05, 3.63) is 64.4 Å². The summed E-state index contributed by atoms with van der Waals surface area (Å²) in [7, 11) is 1.66. The molecule has 1 fully saturated rings. The molecule has 2 aliphatic rings. The molecular formula is C19H17N2O3+. The van der Waals surface area contributed by atoms with Gasteiger partial charge in [-0.05, 0) is 24.3 Å². The van der Waals surface area contributed by atoms with Crippen LogP contribution in [0.4, 0.5) is 0 Å². The molecule has 1 aliphatic heterocycles. The summed E-state index contributed by atoms with van der Waals surface area (Å²) in [6.07, 6.45) is 1.90. The van der Waals surface area contributed by atoms with Gasteiger partial charge in [-0.1, -0.05) is 28.9 Å². The van der Waals surface area contributed by atoms with Crippen LogP contribution in [0.15, 0.2) is 53.3 Å². The summed E-state index contributed by atoms with van der Waals surface area (Å²) in [4.78, 5) is 12.4. The van der Waals surface area contributed by atoms with Gasteiger partial charge in [0.25, 0.3) is 0 Å². The second-order valence-corrected chi connectivity index (χ2v) is 6.50. The van der Waals surface area contributed by atoms with Gasteiger partial charge in [0, 0.05) is 18.4 Å². The predicted octanol–water partition coefficient (Wildman–Crippen LogP) is 2.45. The molecule has 3 aromatic rings. The number of fused-ring (bicyclic) bond motifs is 4. The first-order valence-corrected chi connectivity index (χ1v) is 8.11. The van der Waals surface area contributed by atoms with Crippen LogP contribution in [-0.4, -0.2) is 12.2 Å². The molecule has 1 atom stereocenters. The van der Waals surface area contributed by atoms with Crippen molar-refractivity contribution < 1.29 is 14.2 Å². The number of nitrogens with one attached hydrogen (secondary N) is 1. The van der Waals surface area contributed by atoms with Gasteiger partial charge in [-0.15, -0.1) is 5.10 Å². The maximum Gasteiger partial charge on any atom is 0.401 e. The van der Waals surface area contributed by atoms with Crippen LogP contribution < -0.4 is 19.7 Å². The Morgan fingerprint density at radius 2 is 1.83 bits per heavy atom. The van der Waals surface area contributed by atoms with Gasteiger partial charge in [0.2, 0.25) is 5.54 Å². The zero-order valence-corrected chi connectivity index (χ0v) is 13.3. The third-order valence-corrected chi connectivity index (χ3v) is 5.16. The van der Waals surface area contributed by atoms with Crippen molar-refractivity contribution in [2.24, 2.45) is 0 Å². The van der Waals surface area contributed by atoms with Crippen molar-refractivity contribution in [1.29, 1.82) is 0 Å². The zero-order chi connectivity index (χ0) is 16.3. The number of methoxy groups -OCH3 is 1. The standard InChI is InChI=1S/C19H16N2O3/c1-23-13-8-6-12(7-9-13)16-19(10-11-19)21-18(24-16)15-5-3-2-4-14(15)17(22)20-21/h2-9,16H,10-11H2,1H3/p+1. The fourth-order valence-corrected chi connectivity index (χ4v) is 3.74. The maximum absolute atomic E-state index is 12.4. The number of hydrogen-bond acceptors (Lipinski definition) is 3. The molecule has 1 spiro atoms. The smallest absolute Gasteiger partial charge is 0.401 e. The number of benzene rings is 2. The Labute approximate surface area is 138 Å². The highest BCUT2D eigenvalue weighted by atomic mass is 16.5. The van der Waals surface area contributed by atoms with E-state index in [2.05, 4.69) is 5.10 Å². The summed E-state index contributed by atoms with van der Waals surface area (Å²) >= 11 is 0. The Bertz CT molecular complexity index is 1000. The van der Waals surface area contributed by atoms with Crippen molar-refractivity contribution in [2.45, 2.75) is 24.5 Å². The minimum absolute atomic E-state index is 0.0698. The fourth-order valence-electron chi connectivity index (χ4n) is 3.74. The van der Waals surface area contributed by atoms with Gasteiger partial charge in [-0.25, -0.2) is 0 Å². The molecule has 1 aliphatic carbocycles. The molecule has 5 rings (SSSR count). The molecule has 0 amide bonds. The number of ether oxygens (including phenoxy) is 2. The largest absolute Gasteiger partial charge is 0.497 e. The van der Waals surface area contributed by atoms with Crippen LogP contribution in [0.5, 0.6) is 11.6 Å². The summed E-state index contributed by atoms with van der Waals surface area (Å²) in [6, 6.07) is 15.6.